The van der Waals surface area contributed by atoms with Crippen LogP contribution < -0.4 is 5.56 Å². The van der Waals surface area contributed by atoms with Crippen molar-refractivity contribution in [2.75, 3.05) is 0 Å². The van der Waals surface area contributed by atoms with Crippen molar-refractivity contribution in [1.29, 1.82) is 0 Å². The average Bonchev–Trinajstić information content (AvgIpc) is 3.42. The molecule has 1 aromatic carbocycles. The number of alkyl halides is 3. The highest BCUT2D eigenvalue weighted by Gasteiger charge is 2.39. The predicted octanol–water partition coefficient (Wildman–Crippen LogP) is 3.78. The molecular formula is C19H18ClF3N4O2. The normalized spacial score (nSPS) is 16.9. The van der Waals surface area contributed by atoms with Gasteiger partial charge in [-0.2, -0.15) is 23.4 Å². The molecule has 6 nitrogen and oxygen atoms in total. The number of aryl methyl sites for hydroxylation is 1. The molecule has 4 rings (SSSR count). The Morgan fingerprint density at radius 1 is 1.31 bits per heavy atom. The lowest BCUT2D eigenvalue weighted by Crippen LogP contribution is -2.30. The second-order valence-electron chi connectivity index (χ2n) is 7.27. The Kier molecular flexibility index (Phi) is 4.51. The summed E-state index contributed by atoms with van der Waals surface area (Å²) >= 11 is 5.87. The fourth-order valence-electron chi connectivity index (χ4n) is 3.68. The van der Waals surface area contributed by atoms with Gasteiger partial charge in [-0.3, -0.25) is 9.48 Å². The molecule has 0 saturated heterocycles. The first-order valence-corrected chi connectivity index (χ1v) is 9.50. The van der Waals surface area contributed by atoms with Crippen LogP contribution in [0.4, 0.5) is 13.2 Å². The van der Waals surface area contributed by atoms with E-state index in [0.29, 0.717) is 5.39 Å². The Morgan fingerprint density at radius 3 is 2.55 bits per heavy atom. The maximum Gasteiger partial charge on any atom is 0.417 e. The minimum absolute atomic E-state index is 0.0659. The van der Waals surface area contributed by atoms with E-state index in [1.165, 1.54) is 21.6 Å². The van der Waals surface area contributed by atoms with Crippen LogP contribution in [0.3, 0.4) is 0 Å². The molecule has 2 heterocycles. The van der Waals surface area contributed by atoms with E-state index in [1.54, 1.807) is 14.0 Å². The van der Waals surface area contributed by atoms with E-state index in [9.17, 15) is 23.1 Å². The quantitative estimate of drug-likeness (QED) is 0.689. The summed E-state index contributed by atoms with van der Waals surface area (Å²) in [5.74, 6) is 0. The zero-order valence-corrected chi connectivity index (χ0v) is 16.4. The number of nitrogens with zero attached hydrogens (tertiary/aromatic N) is 4. The van der Waals surface area contributed by atoms with Crippen molar-refractivity contribution in [3.63, 3.8) is 0 Å². The van der Waals surface area contributed by atoms with Crippen molar-refractivity contribution in [1.82, 2.24) is 19.6 Å². The van der Waals surface area contributed by atoms with Gasteiger partial charge >= 0.3 is 6.18 Å². The van der Waals surface area contributed by atoms with Crippen molar-refractivity contribution < 1.29 is 18.3 Å². The Hall–Kier alpha value is -2.39. The number of benzene rings is 1. The third kappa shape index (κ3) is 3.12. The lowest BCUT2D eigenvalue weighted by molar-refractivity contribution is -0.137. The monoisotopic (exact) mass is 426 g/mol. The maximum absolute atomic E-state index is 13.1. The van der Waals surface area contributed by atoms with Crippen molar-refractivity contribution in [2.24, 2.45) is 7.05 Å². The smallest absolute Gasteiger partial charge is 0.379 e. The van der Waals surface area contributed by atoms with Gasteiger partial charge in [0.15, 0.2) is 5.52 Å². The van der Waals surface area contributed by atoms with Crippen LogP contribution in [0.15, 0.2) is 29.2 Å². The van der Waals surface area contributed by atoms with Gasteiger partial charge in [-0.05, 0) is 37.0 Å². The minimum Gasteiger partial charge on any atom is -0.379 e. The molecule has 1 atom stereocenters. The fourth-order valence-corrected chi connectivity index (χ4v) is 3.97. The standard InChI is InChI=1S/C19H18ClF3N4O2/c1-3-18(29,10-4-7-13(14(20)8-10)19(21,22)23)16-12-9-24-27(11-5-6-11)17(28)15(12)25-26(16)2/h4,7-9,11,29H,3,5-6H2,1-2H3/t18-/m1/s1. The van der Waals surface area contributed by atoms with E-state index in [0.717, 1.165) is 25.0 Å². The zero-order chi connectivity index (χ0) is 21.1. The summed E-state index contributed by atoms with van der Waals surface area (Å²) in [6, 6.07) is 3.20. The van der Waals surface area contributed by atoms with E-state index in [-0.39, 0.29) is 34.8 Å². The Labute approximate surface area is 168 Å². The molecule has 0 amide bonds. The molecule has 0 aliphatic heterocycles. The number of rotatable bonds is 4. The summed E-state index contributed by atoms with van der Waals surface area (Å²) in [4.78, 5) is 12.7. The van der Waals surface area contributed by atoms with Crippen molar-refractivity contribution in [3.8, 4) is 0 Å². The molecule has 2 aromatic heterocycles. The Balaban J connectivity index is 1.90. The van der Waals surface area contributed by atoms with Gasteiger partial charge in [0, 0.05) is 7.05 Å². The second-order valence-corrected chi connectivity index (χ2v) is 7.67. The van der Waals surface area contributed by atoms with Gasteiger partial charge in [-0.1, -0.05) is 24.6 Å². The molecule has 1 aliphatic carbocycles. The van der Waals surface area contributed by atoms with Gasteiger partial charge in [0.05, 0.1) is 33.9 Å². The van der Waals surface area contributed by atoms with Crippen LogP contribution in [0.5, 0.6) is 0 Å². The van der Waals surface area contributed by atoms with E-state index in [2.05, 4.69) is 10.2 Å². The molecule has 1 saturated carbocycles. The molecular weight excluding hydrogens is 409 g/mol. The zero-order valence-electron chi connectivity index (χ0n) is 15.7. The molecule has 0 unspecified atom stereocenters. The highest BCUT2D eigenvalue weighted by molar-refractivity contribution is 6.31. The van der Waals surface area contributed by atoms with Crippen molar-refractivity contribution >= 4 is 22.5 Å². The summed E-state index contributed by atoms with van der Waals surface area (Å²) in [7, 11) is 1.57. The minimum atomic E-state index is -4.60. The number of aliphatic hydroxyl groups is 1. The first-order chi connectivity index (χ1) is 13.6. The second kappa shape index (κ2) is 6.56. The Bertz CT molecular complexity index is 1170. The molecule has 10 heteroatoms. The number of aromatic nitrogens is 4. The van der Waals surface area contributed by atoms with Crippen molar-refractivity contribution in [2.45, 2.75) is 44.0 Å². The maximum atomic E-state index is 13.1. The lowest BCUT2D eigenvalue weighted by atomic mass is 9.86. The average molecular weight is 427 g/mol. The van der Waals surface area contributed by atoms with Crippen molar-refractivity contribution in [3.05, 3.63) is 56.6 Å². The lowest BCUT2D eigenvalue weighted by Gasteiger charge is -2.28. The van der Waals surface area contributed by atoms with Crippen LogP contribution in [0.1, 0.15) is 49.0 Å². The van der Waals surface area contributed by atoms with Crippen LogP contribution in [0, 0.1) is 0 Å². The summed E-state index contributed by atoms with van der Waals surface area (Å²) in [5.41, 5.74) is -2.43. The van der Waals surface area contributed by atoms with Gasteiger partial charge in [-0.15, -0.1) is 0 Å². The SMILES string of the molecule is CC[C@@](O)(c1ccc(C(F)(F)F)c(Cl)c1)c1c2cnn(C3CC3)c(=O)c2nn1C. The number of fused-ring (bicyclic) bond motifs is 1. The molecule has 3 aromatic rings. The molecule has 154 valence electrons. The van der Waals surface area contributed by atoms with Crippen LogP contribution in [0.2, 0.25) is 5.02 Å². The molecule has 0 spiro atoms. The number of halogens is 4. The summed E-state index contributed by atoms with van der Waals surface area (Å²) in [6.45, 7) is 1.68. The first-order valence-electron chi connectivity index (χ1n) is 9.12. The Morgan fingerprint density at radius 2 is 2.00 bits per heavy atom. The van der Waals surface area contributed by atoms with Gasteiger partial charge in [0.2, 0.25) is 0 Å². The third-order valence-electron chi connectivity index (χ3n) is 5.35. The third-order valence-corrected chi connectivity index (χ3v) is 5.67. The van der Waals surface area contributed by atoms with Gasteiger partial charge in [0.1, 0.15) is 5.60 Å². The van der Waals surface area contributed by atoms with E-state index >= 15 is 0 Å². The summed E-state index contributed by atoms with van der Waals surface area (Å²) in [6.07, 6.45) is -1.25. The number of hydrogen-bond donors (Lipinski definition) is 1. The van der Waals surface area contributed by atoms with Crippen LogP contribution in [-0.2, 0) is 18.8 Å². The molecule has 1 N–H and O–H groups in total. The van der Waals surface area contributed by atoms with Gasteiger partial charge < -0.3 is 5.11 Å². The van der Waals surface area contributed by atoms with Gasteiger partial charge in [0.25, 0.3) is 5.56 Å². The van der Waals surface area contributed by atoms with Crippen LogP contribution >= 0.6 is 11.6 Å². The van der Waals surface area contributed by atoms with E-state index in [4.69, 9.17) is 11.6 Å². The summed E-state index contributed by atoms with van der Waals surface area (Å²) in [5, 5.41) is 19.8. The van der Waals surface area contributed by atoms with Crippen LogP contribution in [0.25, 0.3) is 10.9 Å². The van der Waals surface area contributed by atoms with E-state index < -0.39 is 22.4 Å². The molecule has 0 bridgehead atoms. The van der Waals surface area contributed by atoms with E-state index in [1.807, 2.05) is 0 Å². The fraction of sp³-hybridized carbons (Fsp3) is 0.421. The van der Waals surface area contributed by atoms with Crippen LogP contribution in [-0.4, -0.2) is 24.7 Å². The molecule has 1 aliphatic rings. The van der Waals surface area contributed by atoms with Gasteiger partial charge in [-0.25, -0.2) is 4.68 Å². The topological polar surface area (TPSA) is 72.9 Å². The highest BCUT2D eigenvalue weighted by atomic mass is 35.5. The molecule has 1 fully saturated rings. The summed E-state index contributed by atoms with van der Waals surface area (Å²) < 4.78 is 41.9. The molecule has 0 radical (unpaired) electrons. The highest BCUT2D eigenvalue weighted by Crippen LogP contribution is 2.41. The number of hydrogen-bond acceptors (Lipinski definition) is 4. The predicted molar refractivity (Wildman–Crippen MR) is 101 cm³/mol. The molecule has 29 heavy (non-hydrogen) atoms. The first kappa shape index (κ1) is 19.9. The largest absolute Gasteiger partial charge is 0.417 e.